The van der Waals surface area contributed by atoms with Crippen LogP contribution in [0.2, 0.25) is 0 Å². The van der Waals surface area contributed by atoms with Gasteiger partial charge in [0.2, 0.25) is 0 Å². The van der Waals surface area contributed by atoms with E-state index in [1.54, 1.807) is 19.0 Å². The molecule has 0 saturated carbocycles. The van der Waals surface area contributed by atoms with Crippen molar-refractivity contribution in [2.24, 2.45) is 0 Å². The number of phenols is 1. The number of hydrogen-bond acceptors (Lipinski definition) is 5. The second-order valence-electron chi connectivity index (χ2n) is 3.92. The maximum atomic E-state index is 11.7. The van der Waals surface area contributed by atoms with E-state index in [0.29, 0.717) is 0 Å². The van der Waals surface area contributed by atoms with Gasteiger partial charge in [0.15, 0.2) is 5.78 Å². The Hall–Kier alpha value is -2.08. The fourth-order valence-corrected chi connectivity index (χ4v) is 1.39. The Kier molecular flexibility index (Phi) is 3.69. The lowest BCUT2D eigenvalue weighted by Gasteiger charge is -2.11. The molecule has 0 heterocycles. The number of benzene rings is 1. The number of carbonyl (C=O) groups is 2. The molecule has 1 rings (SSSR count). The van der Waals surface area contributed by atoms with Crippen LogP contribution < -0.4 is 5.73 Å². The average Bonchev–Trinajstić information content (AvgIpc) is 2.15. The molecule has 6 heteroatoms. The molecule has 0 amide bonds. The van der Waals surface area contributed by atoms with Gasteiger partial charge in [-0.2, -0.15) is 0 Å². The molecule has 6 nitrogen and oxygen atoms in total. The molecule has 1 aromatic rings. The second kappa shape index (κ2) is 4.84. The van der Waals surface area contributed by atoms with Crippen molar-refractivity contribution < 1.29 is 19.8 Å². The number of nitrogens with two attached hydrogens (primary N) is 1. The van der Waals surface area contributed by atoms with Crippen molar-refractivity contribution in [1.82, 2.24) is 4.90 Å². The molecule has 0 aliphatic carbocycles. The minimum Gasteiger partial charge on any atom is -0.507 e. The highest BCUT2D eigenvalue weighted by Gasteiger charge is 2.17. The second-order valence-corrected chi connectivity index (χ2v) is 3.92. The highest BCUT2D eigenvalue weighted by Crippen LogP contribution is 2.25. The van der Waals surface area contributed by atoms with Gasteiger partial charge in [-0.05, 0) is 20.2 Å². The number of anilines is 1. The van der Waals surface area contributed by atoms with Gasteiger partial charge in [0.25, 0.3) is 0 Å². The number of ketones is 1. The molecule has 0 fully saturated rings. The third kappa shape index (κ3) is 2.94. The van der Waals surface area contributed by atoms with Crippen LogP contribution in [-0.2, 0) is 0 Å². The van der Waals surface area contributed by atoms with Crippen molar-refractivity contribution in [2.75, 3.05) is 26.4 Å². The van der Waals surface area contributed by atoms with E-state index in [4.69, 9.17) is 10.8 Å². The smallest absolute Gasteiger partial charge is 0.337 e. The number of hydrogen-bond donors (Lipinski definition) is 3. The first-order chi connectivity index (χ1) is 7.82. The first-order valence-electron chi connectivity index (χ1n) is 4.86. The quantitative estimate of drug-likeness (QED) is 0.518. The number of nitrogens with zero attached hydrogens (tertiary/aromatic N) is 1. The zero-order chi connectivity index (χ0) is 13.2. The summed E-state index contributed by atoms with van der Waals surface area (Å²) < 4.78 is 0. The Morgan fingerprint density at radius 3 is 2.35 bits per heavy atom. The summed E-state index contributed by atoms with van der Waals surface area (Å²) in [6.45, 7) is 0.0799. The fourth-order valence-electron chi connectivity index (χ4n) is 1.39. The maximum Gasteiger partial charge on any atom is 0.337 e. The number of aromatic carboxylic acids is 1. The summed E-state index contributed by atoms with van der Waals surface area (Å²) in [6, 6.07) is 2.17. The predicted molar refractivity (Wildman–Crippen MR) is 62.4 cm³/mol. The fraction of sp³-hybridized carbons (Fsp3) is 0.273. The SMILES string of the molecule is CN(C)CC(=O)c1cc(C(=O)O)c(N)cc1O. The lowest BCUT2D eigenvalue weighted by Crippen LogP contribution is -2.22. The Morgan fingerprint density at radius 2 is 1.88 bits per heavy atom. The molecular formula is C11H14N2O4. The Balaban J connectivity index is 3.20. The molecule has 0 aromatic heterocycles. The minimum atomic E-state index is -1.23. The van der Waals surface area contributed by atoms with E-state index in [1.165, 1.54) is 0 Å². The number of carbonyl (C=O) groups excluding carboxylic acids is 1. The normalized spacial score (nSPS) is 10.5. The van der Waals surface area contributed by atoms with E-state index in [9.17, 15) is 14.7 Å². The number of aromatic hydroxyl groups is 1. The number of Topliss-reactive ketones (excluding diaryl/α,β-unsaturated/α-hetero) is 1. The summed E-state index contributed by atoms with van der Waals surface area (Å²) in [5.41, 5.74) is 5.13. The van der Waals surface area contributed by atoms with Gasteiger partial charge in [0.1, 0.15) is 5.75 Å². The van der Waals surface area contributed by atoms with Crippen LogP contribution >= 0.6 is 0 Å². The Bertz CT molecular complexity index is 469. The summed E-state index contributed by atoms with van der Waals surface area (Å²) in [6.07, 6.45) is 0. The van der Waals surface area contributed by atoms with Crippen LogP contribution in [0.4, 0.5) is 5.69 Å². The van der Waals surface area contributed by atoms with Gasteiger partial charge in [0, 0.05) is 11.8 Å². The number of rotatable bonds is 4. The van der Waals surface area contributed by atoms with E-state index in [2.05, 4.69) is 0 Å². The highest BCUT2D eigenvalue weighted by molar-refractivity contribution is 6.04. The summed E-state index contributed by atoms with van der Waals surface area (Å²) >= 11 is 0. The van der Waals surface area contributed by atoms with Crippen LogP contribution in [0.5, 0.6) is 5.75 Å². The zero-order valence-electron chi connectivity index (χ0n) is 9.60. The largest absolute Gasteiger partial charge is 0.507 e. The summed E-state index contributed by atoms with van der Waals surface area (Å²) in [5.74, 6) is -1.91. The molecule has 1 aromatic carbocycles. The van der Waals surface area contributed by atoms with E-state index in [1.807, 2.05) is 0 Å². The lowest BCUT2D eigenvalue weighted by atomic mass is 10.0. The van der Waals surface area contributed by atoms with Gasteiger partial charge in [-0.1, -0.05) is 0 Å². The number of phenolic OH excluding ortho intramolecular Hbond substituents is 1. The van der Waals surface area contributed by atoms with Gasteiger partial charge < -0.3 is 20.8 Å². The first-order valence-corrected chi connectivity index (χ1v) is 4.86. The maximum absolute atomic E-state index is 11.7. The molecule has 0 unspecified atom stereocenters. The number of nitrogen functional groups attached to an aromatic ring is 1. The molecule has 0 spiro atoms. The predicted octanol–water partition coefficient (Wildman–Crippen LogP) is 0.417. The first kappa shape index (κ1) is 13.0. The molecule has 0 radical (unpaired) electrons. The van der Waals surface area contributed by atoms with Crippen LogP contribution in [0.15, 0.2) is 12.1 Å². The van der Waals surface area contributed by atoms with Crippen molar-refractivity contribution in [1.29, 1.82) is 0 Å². The molecule has 92 valence electrons. The van der Waals surface area contributed by atoms with Gasteiger partial charge in [-0.15, -0.1) is 0 Å². The summed E-state index contributed by atoms with van der Waals surface area (Å²) in [5, 5.41) is 18.4. The van der Waals surface area contributed by atoms with Crippen LogP contribution in [0.3, 0.4) is 0 Å². The van der Waals surface area contributed by atoms with Gasteiger partial charge in [-0.3, -0.25) is 4.79 Å². The van der Waals surface area contributed by atoms with Crippen LogP contribution in [0.25, 0.3) is 0 Å². The van der Waals surface area contributed by atoms with Gasteiger partial charge in [-0.25, -0.2) is 4.79 Å². The highest BCUT2D eigenvalue weighted by atomic mass is 16.4. The molecule has 17 heavy (non-hydrogen) atoms. The topological polar surface area (TPSA) is 104 Å². The third-order valence-electron chi connectivity index (χ3n) is 2.16. The average molecular weight is 238 g/mol. The van der Waals surface area contributed by atoms with Crippen molar-refractivity contribution in [3.63, 3.8) is 0 Å². The van der Waals surface area contributed by atoms with Crippen molar-refractivity contribution in [3.05, 3.63) is 23.3 Å². The van der Waals surface area contributed by atoms with Crippen LogP contribution in [-0.4, -0.2) is 47.5 Å². The minimum absolute atomic E-state index is 0.0368. The molecule has 0 bridgehead atoms. The number of likely N-dealkylation sites (N-methyl/N-ethyl adjacent to an activating group) is 1. The van der Waals surface area contributed by atoms with Gasteiger partial charge >= 0.3 is 5.97 Å². The molecule has 0 aliphatic heterocycles. The van der Waals surface area contributed by atoms with E-state index in [0.717, 1.165) is 12.1 Å². The summed E-state index contributed by atoms with van der Waals surface area (Å²) in [7, 11) is 3.40. The van der Waals surface area contributed by atoms with Crippen molar-refractivity contribution >= 4 is 17.4 Å². The third-order valence-corrected chi connectivity index (χ3v) is 2.16. The standard InChI is InChI=1S/C11H14N2O4/c1-13(2)5-10(15)7-3-6(11(16)17)8(12)4-9(7)14/h3-4,14H,5,12H2,1-2H3,(H,16,17). The molecule has 0 aliphatic rings. The van der Waals surface area contributed by atoms with Crippen LogP contribution in [0, 0.1) is 0 Å². The van der Waals surface area contributed by atoms with E-state index in [-0.39, 0.29) is 34.9 Å². The Morgan fingerprint density at radius 1 is 1.29 bits per heavy atom. The Labute approximate surface area is 98.3 Å². The molecule has 0 atom stereocenters. The van der Waals surface area contributed by atoms with Crippen molar-refractivity contribution in [2.45, 2.75) is 0 Å². The lowest BCUT2D eigenvalue weighted by molar-refractivity contribution is 0.0698. The van der Waals surface area contributed by atoms with Crippen molar-refractivity contribution in [3.8, 4) is 5.75 Å². The van der Waals surface area contributed by atoms with Crippen LogP contribution in [0.1, 0.15) is 20.7 Å². The van der Waals surface area contributed by atoms with E-state index >= 15 is 0 Å². The zero-order valence-corrected chi connectivity index (χ0v) is 9.60. The molecule has 4 N–H and O–H groups in total. The number of carboxylic acid groups (broad SMARTS) is 1. The summed E-state index contributed by atoms with van der Waals surface area (Å²) in [4.78, 5) is 24.2. The van der Waals surface area contributed by atoms with E-state index < -0.39 is 5.97 Å². The van der Waals surface area contributed by atoms with Gasteiger partial charge in [0.05, 0.1) is 17.7 Å². The molecular weight excluding hydrogens is 224 g/mol. The monoisotopic (exact) mass is 238 g/mol. The number of carboxylic acids is 1. The molecule has 0 saturated heterocycles.